The van der Waals surface area contributed by atoms with Crippen LogP contribution in [0, 0.1) is 18.6 Å². The molecule has 0 amide bonds. The molecule has 0 unspecified atom stereocenters. The number of aromatic nitrogens is 3. The Morgan fingerprint density at radius 1 is 1.14 bits per heavy atom. The normalized spacial score (nSPS) is 10.9. The SMILES string of the molecule is Cc1ccc(-n2c(Cc3ccc(Cl)cc3)n[nH]c2=S)c(C)c1. The Hall–Kier alpha value is -1.91. The summed E-state index contributed by atoms with van der Waals surface area (Å²) in [5.74, 6) is 0.888. The first-order chi connectivity index (χ1) is 10.5. The van der Waals surface area contributed by atoms with Crippen molar-refractivity contribution in [1.82, 2.24) is 14.8 Å². The lowest BCUT2D eigenvalue weighted by atomic mass is 10.1. The molecule has 112 valence electrons. The monoisotopic (exact) mass is 329 g/mol. The molecule has 2 aromatic carbocycles. The van der Waals surface area contributed by atoms with E-state index < -0.39 is 0 Å². The minimum atomic E-state index is 0.607. The Kier molecular flexibility index (Phi) is 4.14. The molecule has 0 aliphatic rings. The highest BCUT2D eigenvalue weighted by molar-refractivity contribution is 7.71. The molecule has 3 aromatic rings. The molecule has 1 heterocycles. The summed E-state index contributed by atoms with van der Waals surface area (Å²) < 4.78 is 2.61. The lowest BCUT2D eigenvalue weighted by Gasteiger charge is -2.11. The first-order valence-corrected chi connectivity index (χ1v) is 7.81. The number of hydrogen-bond donors (Lipinski definition) is 1. The molecule has 0 atom stereocenters. The lowest BCUT2D eigenvalue weighted by molar-refractivity contribution is 0.896. The van der Waals surface area contributed by atoms with E-state index in [2.05, 4.69) is 42.2 Å². The lowest BCUT2D eigenvalue weighted by Crippen LogP contribution is -2.04. The maximum Gasteiger partial charge on any atom is 0.199 e. The summed E-state index contributed by atoms with van der Waals surface area (Å²) in [7, 11) is 0. The van der Waals surface area contributed by atoms with Crippen molar-refractivity contribution in [2.75, 3.05) is 0 Å². The van der Waals surface area contributed by atoms with Gasteiger partial charge in [-0.25, -0.2) is 0 Å². The molecular formula is C17H16ClN3S. The highest BCUT2D eigenvalue weighted by Gasteiger charge is 2.11. The van der Waals surface area contributed by atoms with Gasteiger partial charge in [0.15, 0.2) is 4.77 Å². The van der Waals surface area contributed by atoms with E-state index in [1.165, 1.54) is 11.1 Å². The van der Waals surface area contributed by atoms with E-state index in [9.17, 15) is 0 Å². The first-order valence-electron chi connectivity index (χ1n) is 7.03. The molecule has 3 nitrogen and oxygen atoms in total. The summed E-state index contributed by atoms with van der Waals surface area (Å²) >= 11 is 11.3. The summed E-state index contributed by atoms with van der Waals surface area (Å²) in [5.41, 5.74) is 4.61. The summed E-state index contributed by atoms with van der Waals surface area (Å²) in [4.78, 5) is 0. The summed E-state index contributed by atoms with van der Waals surface area (Å²) in [5, 5.41) is 8.02. The maximum atomic E-state index is 5.94. The number of benzene rings is 2. The molecule has 0 aliphatic carbocycles. The van der Waals surface area contributed by atoms with E-state index in [1.54, 1.807) is 0 Å². The van der Waals surface area contributed by atoms with Crippen LogP contribution in [0.1, 0.15) is 22.5 Å². The Morgan fingerprint density at radius 2 is 1.86 bits per heavy atom. The van der Waals surface area contributed by atoms with E-state index in [0.29, 0.717) is 11.2 Å². The number of nitrogens with one attached hydrogen (secondary N) is 1. The van der Waals surface area contributed by atoms with Crippen LogP contribution in [0.2, 0.25) is 5.02 Å². The molecule has 1 N–H and O–H groups in total. The zero-order chi connectivity index (χ0) is 15.7. The van der Waals surface area contributed by atoms with Crippen LogP contribution in [0.25, 0.3) is 5.69 Å². The van der Waals surface area contributed by atoms with E-state index in [1.807, 2.05) is 28.8 Å². The number of aromatic amines is 1. The molecule has 0 aliphatic heterocycles. The predicted molar refractivity (Wildman–Crippen MR) is 92.5 cm³/mol. The number of aryl methyl sites for hydroxylation is 2. The average Bonchev–Trinajstić information content (AvgIpc) is 2.83. The molecule has 0 spiro atoms. The average molecular weight is 330 g/mol. The van der Waals surface area contributed by atoms with Gasteiger partial charge < -0.3 is 0 Å². The third-order valence-corrected chi connectivity index (χ3v) is 4.14. The fraction of sp³-hybridized carbons (Fsp3) is 0.176. The van der Waals surface area contributed by atoms with Gasteiger partial charge in [-0.05, 0) is 55.4 Å². The van der Waals surface area contributed by atoms with Gasteiger partial charge in [0.05, 0.1) is 5.69 Å². The van der Waals surface area contributed by atoms with Crippen molar-refractivity contribution in [3.8, 4) is 5.69 Å². The quantitative estimate of drug-likeness (QED) is 0.701. The number of nitrogens with zero attached hydrogens (tertiary/aromatic N) is 2. The van der Waals surface area contributed by atoms with Crippen LogP contribution >= 0.6 is 23.8 Å². The van der Waals surface area contributed by atoms with Crippen LogP contribution < -0.4 is 0 Å². The predicted octanol–water partition coefficient (Wildman–Crippen LogP) is 4.79. The largest absolute Gasteiger partial charge is 0.272 e. The van der Waals surface area contributed by atoms with Crippen LogP contribution in [0.15, 0.2) is 42.5 Å². The van der Waals surface area contributed by atoms with Crippen molar-refractivity contribution >= 4 is 23.8 Å². The number of rotatable bonds is 3. The maximum absolute atomic E-state index is 5.94. The van der Waals surface area contributed by atoms with Gasteiger partial charge in [-0.1, -0.05) is 41.4 Å². The van der Waals surface area contributed by atoms with E-state index in [0.717, 1.165) is 22.1 Å². The third kappa shape index (κ3) is 2.98. The summed E-state index contributed by atoms with van der Waals surface area (Å²) in [6.07, 6.45) is 0.692. The van der Waals surface area contributed by atoms with Gasteiger partial charge >= 0.3 is 0 Å². The Morgan fingerprint density at radius 3 is 2.55 bits per heavy atom. The van der Waals surface area contributed by atoms with Gasteiger partial charge in [0.2, 0.25) is 0 Å². The summed E-state index contributed by atoms with van der Waals surface area (Å²) in [6.45, 7) is 4.17. The number of hydrogen-bond acceptors (Lipinski definition) is 2. The molecule has 1 aromatic heterocycles. The smallest absolute Gasteiger partial charge is 0.199 e. The molecule has 0 fully saturated rings. The van der Waals surface area contributed by atoms with Crippen molar-refractivity contribution in [2.24, 2.45) is 0 Å². The van der Waals surface area contributed by atoms with Crippen molar-refractivity contribution in [1.29, 1.82) is 0 Å². The van der Waals surface area contributed by atoms with E-state index in [-0.39, 0.29) is 0 Å². The number of halogens is 1. The molecular weight excluding hydrogens is 314 g/mol. The van der Waals surface area contributed by atoms with Crippen LogP contribution in [0.3, 0.4) is 0 Å². The van der Waals surface area contributed by atoms with Crippen LogP contribution in [0.5, 0.6) is 0 Å². The minimum Gasteiger partial charge on any atom is -0.272 e. The van der Waals surface area contributed by atoms with E-state index in [4.69, 9.17) is 23.8 Å². The zero-order valence-electron chi connectivity index (χ0n) is 12.4. The number of H-pyrrole nitrogens is 1. The molecule has 0 saturated heterocycles. The van der Waals surface area contributed by atoms with Gasteiger partial charge in [-0.3, -0.25) is 9.67 Å². The zero-order valence-corrected chi connectivity index (χ0v) is 14.0. The van der Waals surface area contributed by atoms with E-state index >= 15 is 0 Å². The fourth-order valence-electron chi connectivity index (χ4n) is 2.54. The van der Waals surface area contributed by atoms with Gasteiger partial charge in [0.1, 0.15) is 5.82 Å². The first kappa shape index (κ1) is 15.0. The molecule has 3 rings (SSSR count). The fourth-order valence-corrected chi connectivity index (χ4v) is 2.91. The highest BCUT2D eigenvalue weighted by Crippen LogP contribution is 2.20. The van der Waals surface area contributed by atoms with Crippen molar-refractivity contribution in [3.63, 3.8) is 0 Å². The molecule has 5 heteroatoms. The van der Waals surface area contributed by atoms with Gasteiger partial charge in [-0.2, -0.15) is 5.10 Å². The van der Waals surface area contributed by atoms with Crippen LogP contribution in [-0.4, -0.2) is 14.8 Å². The van der Waals surface area contributed by atoms with Crippen LogP contribution in [0.4, 0.5) is 0 Å². The standard InChI is InChI=1S/C17H16ClN3S/c1-11-3-8-15(12(2)9-11)21-16(19-20-17(21)22)10-13-4-6-14(18)7-5-13/h3-9H,10H2,1-2H3,(H,20,22). The Balaban J connectivity index is 2.04. The Labute approximate surface area is 139 Å². The molecule has 0 saturated carbocycles. The van der Waals surface area contributed by atoms with Crippen LogP contribution in [-0.2, 0) is 6.42 Å². The van der Waals surface area contributed by atoms with Crippen molar-refractivity contribution < 1.29 is 0 Å². The molecule has 0 radical (unpaired) electrons. The van der Waals surface area contributed by atoms with Gasteiger partial charge in [-0.15, -0.1) is 0 Å². The topological polar surface area (TPSA) is 33.6 Å². The van der Waals surface area contributed by atoms with Gasteiger partial charge in [0.25, 0.3) is 0 Å². The highest BCUT2D eigenvalue weighted by atomic mass is 35.5. The minimum absolute atomic E-state index is 0.607. The summed E-state index contributed by atoms with van der Waals surface area (Å²) in [6, 6.07) is 14.1. The van der Waals surface area contributed by atoms with Crippen molar-refractivity contribution in [3.05, 3.63) is 74.8 Å². The Bertz CT molecular complexity index is 862. The van der Waals surface area contributed by atoms with Gasteiger partial charge in [0, 0.05) is 11.4 Å². The second kappa shape index (κ2) is 6.07. The third-order valence-electron chi connectivity index (χ3n) is 3.61. The molecule has 22 heavy (non-hydrogen) atoms. The second-order valence-corrected chi connectivity index (χ2v) is 6.20. The second-order valence-electron chi connectivity index (χ2n) is 5.37. The van der Waals surface area contributed by atoms with Crippen molar-refractivity contribution in [2.45, 2.75) is 20.3 Å². The molecule has 0 bridgehead atoms.